The Balaban J connectivity index is 0.00000137. The summed E-state index contributed by atoms with van der Waals surface area (Å²) in [6, 6.07) is 0. The van der Waals surface area contributed by atoms with Gasteiger partial charge in [-0.1, -0.05) is 0 Å². The van der Waals surface area contributed by atoms with Crippen molar-refractivity contribution in [2.75, 3.05) is 20.2 Å². The maximum Gasteiger partial charge on any atom is 0.409 e. The number of likely N-dealkylation sites (tertiary alicyclic amines) is 1. The maximum atomic E-state index is 11.5. The molecule has 0 saturated carbocycles. The number of rotatable bonds is 1. The lowest BCUT2D eigenvalue weighted by Crippen LogP contribution is -2.34. The summed E-state index contributed by atoms with van der Waals surface area (Å²) >= 11 is 0. The SMILES string of the molecule is C=C.COC(=O)N1CCC(=O)C(C(=O)NO)CC1. The number of hydrogen-bond donors (Lipinski definition) is 2. The molecule has 1 saturated heterocycles. The second-order valence-corrected chi connectivity index (χ2v) is 3.49. The Labute approximate surface area is 105 Å². The normalized spacial score (nSPS) is 19.1. The molecule has 0 aromatic heterocycles. The minimum Gasteiger partial charge on any atom is -0.453 e. The van der Waals surface area contributed by atoms with Gasteiger partial charge in [-0.05, 0) is 6.42 Å². The van der Waals surface area contributed by atoms with Crippen LogP contribution in [0.3, 0.4) is 0 Å². The number of hydroxylamine groups is 1. The first-order valence-corrected chi connectivity index (χ1v) is 5.39. The lowest BCUT2D eigenvalue weighted by Gasteiger charge is -2.17. The number of amides is 2. The summed E-state index contributed by atoms with van der Waals surface area (Å²) in [7, 11) is 1.26. The van der Waals surface area contributed by atoms with Crippen LogP contribution in [0.2, 0.25) is 0 Å². The fourth-order valence-electron chi connectivity index (χ4n) is 1.64. The van der Waals surface area contributed by atoms with Gasteiger partial charge in [0.15, 0.2) is 0 Å². The van der Waals surface area contributed by atoms with E-state index in [1.165, 1.54) is 17.5 Å². The highest BCUT2D eigenvalue weighted by Crippen LogP contribution is 2.15. The van der Waals surface area contributed by atoms with Crippen molar-refractivity contribution in [1.29, 1.82) is 0 Å². The minimum absolute atomic E-state index is 0.0905. The van der Waals surface area contributed by atoms with Gasteiger partial charge >= 0.3 is 6.09 Å². The molecule has 1 aliphatic rings. The van der Waals surface area contributed by atoms with Crippen LogP contribution in [-0.2, 0) is 14.3 Å². The molecule has 0 aromatic rings. The van der Waals surface area contributed by atoms with Gasteiger partial charge in [0.2, 0.25) is 0 Å². The van der Waals surface area contributed by atoms with Gasteiger partial charge in [-0.25, -0.2) is 10.3 Å². The first-order chi connectivity index (χ1) is 8.60. The van der Waals surface area contributed by atoms with Gasteiger partial charge in [-0.3, -0.25) is 14.8 Å². The zero-order valence-corrected chi connectivity index (χ0v) is 10.3. The molecule has 1 atom stereocenters. The molecule has 1 unspecified atom stereocenters. The molecule has 1 rings (SSSR count). The number of ether oxygens (including phenoxy) is 1. The monoisotopic (exact) mass is 258 g/mol. The lowest BCUT2D eigenvalue weighted by atomic mass is 9.99. The number of methoxy groups -OCH3 is 1. The van der Waals surface area contributed by atoms with E-state index in [1.54, 1.807) is 0 Å². The first-order valence-electron chi connectivity index (χ1n) is 5.39. The smallest absolute Gasteiger partial charge is 0.409 e. The van der Waals surface area contributed by atoms with E-state index in [-0.39, 0.29) is 31.7 Å². The van der Waals surface area contributed by atoms with E-state index in [9.17, 15) is 14.4 Å². The summed E-state index contributed by atoms with van der Waals surface area (Å²) in [5.41, 5.74) is 1.46. The molecule has 0 bridgehead atoms. The van der Waals surface area contributed by atoms with Crippen LogP contribution in [0.15, 0.2) is 13.2 Å². The topological polar surface area (TPSA) is 95.9 Å². The number of ketones is 1. The molecule has 7 heteroatoms. The third-order valence-corrected chi connectivity index (χ3v) is 2.56. The Hall–Kier alpha value is -1.89. The van der Waals surface area contributed by atoms with Crippen molar-refractivity contribution in [3.8, 4) is 0 Å². The molecule has 0 spiro atoms. The molecular weight excluding hydrogens is 240 g/mol. The minimum atomic E-state index is -0.889. The number of carbonyl (C=O) groups excluding carboxylic acids is 3. The van der Waals surface area contributed by atoms with Gasteiger partial charge < -0.3 is 9.64 Å². The quantitative estimate of drug-likeness (QED) is 0.306. The predicted octanol–water partition coefficient (Wildman–Crippen LogP) is 0.342. The van der Waals surface area contributed by atoms with Gasteiger partial charge in [0, 0.05) is 19.5 Å². The van der Waals surface area contributed by atoms with Crippen molar-refractivity contribution >= 4 is 17.8 Å². The standard InChI is InChI=1S/C9H14N2O5.C2H4/c1-16-9(14)11-4-2-6(8(13)10-15)7(12)3-5-11;1-2/h6,15H,2-5H2,1H3,(H,10,13);1-2H2. The Kier molecular flexibility index (Phi) is 7.37. The van der Waals surface area contributed by atoms with E-state index in [0.717, 1.165) is 0 Å². The highest BCUT2D eigenvalue weighted by molar-refractivity contribution is 6.01. The van der Waals surface area contributed by atoms with E-state index >= 15 is 0 Å². The van der Waals surface area contributed by atoms with Crippen molar-refractivity contribution < 1.29 is 24.3 Å². The first kappa shape index (κ1) is 16.1. The highest BCUT2D eigenvalue weighted by Gasteiger charge is 2.31. The fraction of sp³-hybridized carbons (Fsp3) is 0.545. The zero-order valence-electron chi connectivity index (χ0n) is 10.3. The molecule has 2 amide bonds. The van der Waals surface area contributed by atoms with Gasteiger partial charge in [0.25, 0.3) is 5.91 Å². The fourth-order valence-corrected chi connectivity index (χ4v) is 1.64. The highest BCUT2D eigenvalue weighted by atomic mass is 16.5. The lowest BCUT2D eigenvalue weighted by molar-refractivity contribution is -0.139. The molecule has 0 aromatic carbocycles. The van der Waals surface area contributed by atoms with E-state index in [4.69, 9.17) is 5.21 Å². The molecule has 2 N–H and O–H groups in total. The molecule has 0 radical (unpaired) electrons. The average molecular weight is 258 g/mol. The average Bonchev–Trinajstić information content (AvgIpc) is 2.61. The second-order valence-electron chi connectivity index (χ2n) is 3.49. The number of carbonyl (C=O) groups is 3. The van der Waals surface area contributed by atoms with Crippen molar-refractivity contribution in [2.45, 2.75) is 12.8 Å². The summed E-state index contributed by atoms with van der Waals surface area (Å²) in [4.78, 5) is 35.3. The van der Waals surface area contributed by atoms with Crippen LogP contribution in [0.25, 0.3) is 0 Å². The summed E-state index contributed by atoms with van der Waals surface area (Å²) in [5, 5.41) is 8.46. The van der Waals surface area contributed by atoms with Crippen molar-refractivity contribution in [1.82, 2.24) is 10.4 Å². The van der Waals surface area contributed by atoms with Gasteiger partial charge in [-0.15, -0.1) is 13.2 Å². The molecule has 1 aliphatic heterocycles. The molecule has 102 valence electrons. The van der Waals surface area contributed by atoms with Crippen LogP contribution in [0.5, 0.6) is 0 Å². The summed E-state index contributed by atoms with van der Waals surface area (Å²) < 4.78 is 4.53. The molecule has 18 heavy (non-hydrogen) atoms. The van der Waals surface area contributed by atoms with Gasteiger partial charge in [0.1, 0.15) is 11.7 Å². The summed E-state index contributed by atoms with van der Waals surface area (Å²) in [6.45, 7) is 6.50. The van der Waals surface area contributed by atoms with E-state index in [1.807, 2.05) is 0 Å². The van der Waals surface area contributed by atoms with Gasteiger partial charge in [0.05, 0.1) is 7.11 Å². The number of Topliss-reactive ketones (excluding diaryl/α,β-unsaturated/α-hetero) is 1. The third-order valence-electron chi connectivity index (χ3n) is 2.56. The Morgan fingerprint density at radius 3 is 2.56 bits per heavy atom. The summed E-state index contributed by atoms with van der Waals surface area (Å²) in [6.07, 6.45) is -0.231. The van der Waals surface area contributed by atoms with E-state index in [2.05, 4.69) is 17.9 Å². The van der Waals surface area contributed by atoms with Crippen LogP contribution >= 0.6 is 0 Å². The van der Waals surface area contributed by atoms with Crippen LogP contribution < -0.4 is 5.48 Å². The van der Waals surface area contributed by atoms with Crippen LogP contribution in [-0.4, -0.2) is 48.1 Å². The Morgan fingerprint density at radius 2 is 2.06 bits per heavy atom. The maximum absolute atomic E-state index is 11.5. The third kappa shape index (κ3) is 4.17. The van der Waals surface area contributed by atoms with Crippen LogP contribution in [0.4, 0.5) is 4.79 Å². The largest absolute Gasteiger partial charge is 0.453 e. The Bertz CT molecular complexity index is 319. The van der Waals surface area contributed by atoms with Gasteiger partial charge in [-0.2, -0.15) is 0 Å². The zero-order chi connectivity index (χ0) is 14.1. The molecule has 1 fully saturated rings. The predicted molar refractivity (Wildman–Crippen MR) is 62.9 cm³/mol. The second kappa shape index (κ2) is 8.24. The number of nitrogens with one attached hydrogen (secondary N) is 1. The van der Waals surface area contributed by atoms with Crippen molar-refractivity contribution in [3.63, 3.8) is 0 Å². The summed E-state index contributed by atoms with van der Waals surface area (Å²) in [5.74, 6) is -1.89. The van der Waals surface area contributed by atoms with E-state index in [0.29, 0.717) is 0 Å². The Morgan fingerprint density at radius 1 is 1.44 bits per heavy atom. The molecular formula is C11H18N2O5. The van der Waals surface area contributed by atoms with Crippen LogP contribution in [0.1, 0.15) is 12.8 Å². The molecule has 0 aliphatic carbocycles. The molecule has 7 nitrogen and oxygen atoms in total. The van der Waals surface area contributed by atoms with Crippen LogP contribution in [0, 0.1) is 5.92 Å². The molecule has 1 heterocycles. The van der Waals surface area contributed by atoms with Crippen molar-refractivity contribution in [3.05, 3.63) is 13.2 Å². The number of hydrogen-bond acceptors (Lipinski definition) is 5. The van der Waals surface area contributed by atoms with E-state index < -0.39 is 17.9 Å². The van der Waals surface area contributed by atoms with Crippen molar-refractivity contribution in [2.24, 2.45) is 5.92 Å². The number of nitrogens with zero attached hydrogens (tertiary/aromatic N) is 1.